The Hall–Kier alpha value is -3.11. The summed E-state index contributed by atoms with van der Waals surface area (Å²) in [5.74, 6) is 0.368. The Labute approximate surface area is 188 Å². The van der Waals surface area contributed by atoms with E-state index in [1.165, 1.54) is 18.4 Å². The van der Waals surface area contributed by atoms with Crippen molar-refractivity contribution in [3.63, 3.8) is 0 Å². The third-order valence-electron chi connectivity index (χ3n) is 5.83. The summed E-state index contributed by atoms with van der Waals surface area (Å²) in [5.41, 5.74) is 7.88. The molecular weight excluding hydrogens is 433 g/mol. The predicted octanol–water partition coefficient (Wildman–Crippen LogP) is 2.17. The molecule has 1 amide bonds. The molecule has 1 atom stereocenters. The molecule has 2 aliphatic heterocycles. The zero-order valence-electron chi connectivity index (χ0n) is 17.6. The maximum Gasteiger partial charge on any atom is 0.263 e. The number of rotatable bonds is 4. The summed E-state index contributed by atoms with van der Waals surface area (Å²) in [5, 5.41) is 6.93. The van der Waals surface area contributed by atoms with E-state index in [2.05, 4.69) is 20.5 Å². The SMILES string of the molecule is COc1ccc2c(N)c(C(=O)N[C@H]3COc4cc(N5CCNCC5)cc(F)c4C3)sc2n1. The van der Waals surface area contributed by atoms with Gasteiger partial charge in [0.1, 0.15) is 27.9 Å². The third-order valence-corrected chi connectivity index (χ3v) is 6.94. The molecule has 4 N–H and O–H groups in total. The van der Waals surface area contributed by atoms with Crippen molar-refractivity contribution >= 4 is 38.8 Å². The average Bonchev–Trinajstić information content (AvgIpc) is 3.15. The Balaban J connectivity index is 1.32. The van der Waals surface area contributed by atoms with Gasteiger partial charge in [0, 0.05) is 61.4 Å². The number of anilines is 2. The van der Waals surface area contributed by atoms with Crippen molar-refractivity contribution in [2.75, 3.05) is 50.5 Å². The number of nitrogens with one attached hydrogen (secondary N) is 2. The number of hydrogen-bond donors (Lipinski definition) is 3. The summed E-state index contributed by atoms with van der Waals surface area (Å²) < 4.78 is 25.9. The largest absolute Gasteiger partial charge is 0.491 e. The van der Waals surface area contributed by atoms with Gasteiger partial charge in [-0.25, -0.2) is 9.37 Å². The fraction of sp³-hybridized carbons (Fsp3) is 0.364. The first kappa shape index (κ1) is 20.8. The summed E-state index contributed by atoms with van der Waals surface area (Å²) in [6.45, 7) is 3.66. The van der Waals surface area contributed by atoms with Crippen LogP contribution in [0.2, 0.25) is 0 Å². The summed E-state index contributed by atoms with van der Waals surface area (Å²) in [6, 6.07) is 6.58. The second kappa shape index (κ2) is 8.44. The van der Waals surface area contributed by atoms with Gasteiger partial charge in [0.25, 0.3) is 5.91 Å². The van der Waals surface area contributed by atoms with Crippen LogP contribution in [-0.4, -0.2) is 56.8 Å². The minimum absolute atomic E-state index is 0.264. The minimum Gasteiger partial charge on any atom is -0.491 e. The lowest BCUT2D eigenvalue weighted by Crippen LogP contribution is -2.44. The topological polar surface area (TPSA) is 102 Å². The number of carbonyl (C=O) groups excluding carboxylic acids is 1. The van der Waals surface area contributed by atoms with Gasteiger partial charge in [-0.05, 0) is 12.1 Å². The first-order valence-corrected chi connectivity index (χ1v) is 11.3. The van der Waals surface area contributed by atoms with E-state index >= 15 is 0 Å². The van der Waals surface area contributed by atoms with Crippen LogP contribution in [0, 0.1) is 5.82 Å². The Bertz CT molecular complexity index is 1180. The van der Waals surface area contributed by atoms with Crippen molar-refractivity contribution in [1.82, 2.24) is 15.6 Å². The summed E-state index contributed by atoms with van der Waals surface area (Å²) >= 11 is 1.20. The second-order valence-corrected chi connectivity index (χ2v) is 8.88. The number of aromatic nitrogens is 1. The number of nitrogens with two attached hydrogens (primary N) is 1. The maximum atomic E-state index is 14.9. The van der Waals surface area contributed by atoms with Gasteiger partial charge in [-0.2, -0.15) is 0 Å². The lowest BCUT2D eigenvalue weighted by Gasteiger charge is -2.32. The van der Waals surface area contributed by atoms with Gasteiger partial charge >= 0.3 is 0 Å². The monoisotopic (exact) mass is 457 g/mol. The number of ether oxygens (including phenoxy) is 2. The zero-order valence-corrected chi connectivity index (χ0v) is 18.4. The molecule has 2 aliphatic rings. The normalized spacial score (nSPS) is 18.2. The molecule has 1 fully saturated rings. The highest BCUT2D eigenvalue weighted by Crippen LogP contribution is 2.35. The number of halogens is 1. The summed E-state index contributed by atoms with van der Waals surface area (Å²) in [4.78, 5) is 20.4. The van der Waals surface area contributed by atoms with E-state index in [1.807, 2.05) is 6.07 Å². The highest BCUT2D eigenvalue weighted by molar-refractivity contribution is 7.21. The standard InChI is InChI=1S/C22H24FN5O3S/c1-30-18-3-2-14-19(24)20(32-22(14)27-18)21(29)26-12-8-15-16(23)9-13(10-17(15)31-11-12)28-6-4-25-5-7-28/h2-3,9-10,12,25H,4-8,11,24H2,1H3,(H,26,29)/t12-/m1/s1. The van der Waals surface area contributed by atoms with Gasteiger partial charge in [-0.3, -0.25) is 4.79 Å². The van der Waals surface area contributed by atoms with Crippen LogP contribution in [0.15, 0.2) is 24.3 Å². The van der Waals surface area contributed by atoms with Crippen molar-refractivity contribution in [2.24, 2.45) is 0 Å². The van der Waals surface area contributed by atoms with Crippen LogP contribution in [0.1, 0.15) is 15.2 Å². The first-order chi connectivity index (χ1) is 15.5. The Kier molecular flexibility index (Phi) is 5.48. The van der Waals surface area contributed by atoms with E-state index in [4.69, 9.17) is 15.2 Å². The summed E-state index contributed by atoms with van der Waals surface area (Å²) in [6.07, 6.45) is 0.353. The number of methoxy groups -OCH3 is 1. The zero-order chi connectivity index (χ0) is 22.2. The molecule has 2 aromatic heterocycles. The van der Waals surface area contributed by atoms with Crippen LogP contribution in [0.4, 0.5) is 15.8 Å². The van der Waals surface area contributed by atoms with Gasteiger partial charge in [-0.1, -0.05) is 0 Å². The molecule has 5 rings (SSSR count). The highest BCUT2D eigenvalue weighted by Gasteiger charge is 2.28. The van der Waals surface area contributed by atoms with Crippen molar-refractivity contribution < 1.29 is 18.7 Å². The molecule has 0 saturated carbocycles. The minimum atomic E-state index is -0.360. The highest BCUT2D eigenvalue weighted by atomic mass is 32.1. The molecule has 0 aliphatic carbocycles. The molecule has 168 valence electrons. The quantitative estimate of drug-likeness (QED) is 0.552. The number of nitrogen functional groups attached to an aromatic ring is 1. The predicted molar refractivity (Wildman–Crippen MR) is 123 cm³/mol. The molecule has 0 unspecified atom stereocenters. The van der Waals surface area contributed by atoms with Crippen LogP contribution in [0.25, 0.3) is 10.2 Å². The molecule has 1 saturated heterocycles. The Morgan fingerprint density at radius 1 is 1.38 bits per heavy atom. The molecule has 4 heterocycles. The molecule has 3 aromatic rings. The first-order valence-electron chi connectivity index (χ1n) is 10.5. The van der Waals surface area contributed by atoms with Crippen molar-refractivity contribution in [3.05, 3.63) is 40.5 Å². The Morgan fingerprint density at radius 2 is 2.19 bits per heavy atom. The smallest absolute Gasteiger partial charge is 0.263 e. The molecule has 1 aromatic carbocycles. The van der Waals surface area contributed by atoms with Gasteiger partial charge in [0.05, 0.1) is 18.8 Å². The number of nitrogens with zero attached hydrogens (tertiary/aromatic N) is 2. The molecule has 0 bridgehead atoms. The van der Waals surface area contributed by atoms with Crippen LogP contribution >= 0.6 is 11.3 Å². The fourth-order valence-corrected chi connectivity index (χ4v) is 5.12. The van der Waals surface area contributed by atoms with Crippen LogP contribution in [0.5, 0.6) is 11.6 Å². The number of fused-ring (bicyclic) bond motifs is 2. The van der Waals surface area contributed by atoms with Gasteiger partial charge in [0.15, 0.2) is 0 Å². The molecule has 8 nitrogen and oxygen atoms in total. The van der Waals surface area contributed by atoms with Gasteiger partial charge in [0.2, 0.25) is 5.88 Å². The lowest BCUT2D eigenvalue weighted by atomic mass is 10.0. The van der Waals surface area contributed by atoms with E-state index in [9.17, 15) is 9.18 Å². The van der Waals surface area contributed by atoms with Gasteiger partial charge < -0.3 is 30.7 Å². The maximum absolute atomic E-state index is 14.9. The van der Waals surface area contributed by atoms with Gasteiger partial charge in [-0.15, -0.1) is 11.3 Å². The number of thiophene rings is 1. The Morgan fingerprint density at radius 3 is 2.97 bits per heavy atom. The average molecular weight is 458 g/mol. The van der Waals surface area contributed by atoms with Crippen molar-refractivity contribution in [3.8, 4) is 11.6 Å². The molecule has 0 spiro atoms. The number of amides is 1. The number of benzene rings is 1. The van der Waals surface area contributed by atoms with Crippen molar-refractivity contribution in [2.45, 2.75) is 12.5 Å². The molecule has 0 radical (unpaired) electrons. The molecule has 32 heavy (non-hydrogen) atoms. The van der Waals surface area contributed by atoms with Crippen LogP contribution in [-0.2, 0) is 6.42 Å². The number of piperazine rings is 1. The number of carbonyl (C=O) groups is 1. The lowest BCUT2D eigenvalue weighted by molar-refractivity contribution is 0.0919. The molecule has 10 heteroatoms. The van der Waals surface area contributed by atoms with E-state index in [-0.39, 0.29) is 24.4 Å². The summed E-state index contributed by atoms with van der Waals surface area (Å²) in [7, 11) is 1.53. The van der Waals surface area contributed by atoms with Crippen LogP contribution < -0.4 is 30.7 Å². The van der Waals surface area contributed by atoms with E-state index in [0.717, 1.165) is 31.9 Å². The van der Waals surface area contributed by atoms with Crippen LogP contribution in [0.3, 0.4) is 0 Å². The van der Waals surface area contributed by atoms with E-state index in [1.54, 1.807) is 18.2 Å². The van der Waals surface area contributed by atoms with Crippen molar-refractivity contribution in [1.29, 1.82) is 0 Å². The number of pyridine rings is 1. The third kappa shape index (κ3) is 3.80. The second-order valence-electron chi connectivity index (χ2n) is 7.88. The van der Waals surface area contributed by atoms with E-state index in [0.29, 0.717) is 44.4 Å². The fourth-order valence-electron chi connectivity index (χ4n) is 4.13. The molecular formula is C22H24FN5O3S. The number of hydrogen-bond acceptors (Lipinski definition) is 8. The van der Waals surface area contributed by atoms with E-state index < -0.39 is 0 Å².